The molecule has 0 fully saturated rings. The van der Waals surface area contributed by atoms with Gasteiger partial charge in [0.15, 0.2) is 0 Å². The van der Waals surface area contributed by atoms with Gasteiger partial charge in [0, 0.05) is 10.0 Å². The minimum atomic E-state index is 0.718. The van der Waals surface area contributed by atoms with Gasteiger partial charge >= 0.3 is 0 Å². The van der Waals surface area contributed by atoms with Crippen molar-refractivity contribution in [3.63, 3.8) is 0 Å². The van der Waals surface area contributed by atoms with Crippen LogP contribution in [-0.2, 0) is 0 Å². The predicted octanol–water partition coefficient (Wildman–Crippen LogP) is 4.01. The molecule has 0 aliphatic carbocycles. The predicted molar refractivity (Wildman–Crippen MR) is 82.3 cm³/mol. The number of aromatic amines is 1. The smallest absolute Gasteiger partial charge is 0.146 e. The molecule has 0 radical (unpaired) electrons. The molecule has 0 atom stereocenters. The van der Waals surface area contributed by atoms with Crippen LogP contribution in [0.25, 0.3) is 22.4 Å². The van der Waals surface area contributed by atoms with E-state index in [9.17, 15) is 0 Å². The SMILES string of the molecule is COc1ccc(OC)c2[nH]c(-c3ccccc3Br)nc12. The summed E-state index contributed by atoms with van der Waals surface area (Å²) in [6, 6.07) is 11.6. The number of H-pyrrole nitrogens is 1. The van der Waals surface area contributed by atoms with Gasteiger partial charge in [-0.3, -0.25) is 0 Å². The maximum atomic E-state index is 5.37. The second-order valence-corrected chi connectivity index (χ2v) is 5.11. The Morgan fingerprint density at radius 2 is 1.70 bits per heavy atom. The minimum absolute atomic E-state index is 0.718. The summed E-state index contributed by atoms with van der Waals surface area (Å²) in [5.41, 5.74) is 2.59. The monoisotopic (exact) mass is 332 g/mol. The lowest BCUT2D eigenvalue weighted by Crippen LogP contribution is -1.88. The van der Waals surface area contributed by atoms with Crippen LogP contribution < -0.4 is 9.47 Å². The molecule has 0 saturated heterocycles. The molecule has 102 valence electrons. The zero-order chi connectivity index (χ0) is 14.1. The van der Waals surface area contributed by atoms with Gasteiger partial charge in [-0.2, -0.15) is 0 Å². The first-order chi connectivity index (χ1) is 9.74. The first-order valence-electron chi connectivity index (χ1n) is 6.10. The normalized spacial score (nSPS) is 10.8. The van der Waals surface area contributed by atoms with E-state index in [2.05, 4.69) is 25.9 Å². The highest BCUT2D eigenvalue weighted by atomic mass is 79.9. The molecule has 4 nitrogen and oxygen atoms in total. The van der Waals surface area contributed by atoms with E-state index in [4.69, 9.17) is 9.47 Å². The van der Waals surface area contributed by atoms with Crippen LogP contribution in [0.15, 0.2) is 40.9 Å². The summed E-state index contributed by atoms with van der Waals surface area (Å²) in [4.78, 5) is 7.93. The van der Waals surface area contributed by atoms with Crippen LogP contribution in [0.3, 0.4) is 0 Å². The Labute approximate surface area is 124 Å². The largest absolute Gasteiger partial charge is 0.494 e. The number of nitrogens with one attached hydrogen (secondary N) is 1. The highest BCUT2D eigenvalue weighted by Crippen LogP contribution is 2.35. The van der Waals surface area contributed by atoms with Crippen LogP contribution in [0.1, 0.15) is 0 Å². The van der Waals surface area contributed by atoms with E-state index in [0.29, 0.717) is 0 Å². The van der Waals surface area contributed by atoms with E-state index in [1.165, 1.54) is 0 Å². The second kappa shape index (κ2) is 5.17. The lowest BCUT2D eigenvalue weighted by Gasteiger charge is -2.04. The Balaban J connectivity index is 2.27. The summed E-state index contributed by atoms with van der Waals surface area (Å²) >= 11 is 3.54. The average Bonchev–Trinajstić information content (AvgIpc) is 2.91. The summed E-state index contributed by atoms with van der Waals surface area (Å²) in [5.74, 6) is 2.23. The van der Waals surface area contributed by atoms with E-state index in [0.717, 1.165) is 38.4 Å². The number of imidazole rings is 1. The Kier molecular flexibility index (Phi) is 3.36. The first-order valence-corrected chi connectivity index (χ1v) is 6.89. The Morgan fingerprint density at radius 3 is 2.40 bits per heavy atom. The summed E-state index contributed by atoms with van der Waals surface area (Å²) in [5, 5.41) is 0. The van der Waals surface area contributed by atoms with Gasteiger partial charge < -0.3 is 14.5 Å². The number of fused-ring (bicyclic) bond motifs is 1. The third-order valence-electron chi connectivity index (χ3n) is 3.14. The van der Waals surface area contributed by atoms with Crippen molar-refractivity contribution in [1.29, 1.82) is 0 Å². The van der Waals surface area contributed by atoms with Crippen LogP contribution in [-0.4, -0.2) is 24.2 Å². The highest BCUT2D eigenvalue weighted by molar-refractivity contribution is 9.10. The minimum Gasteiger partial charge on any atom is -0.494 e. The number of hydrogen-bond donors (Lipinski definition) is 1. The molecule has 1 heterocycles. The lowest BCUT2D eigenvalue weighted by molar-refractivity contribution is 0.409. The van der Waals surface area contributed by atoms with Gasteiger partial charge in [0.05, 0.1) is 14.2 Å². The first kappa shape index (κ1) is 13.0. The van der Waals surface area contributed by atoms with Crippen molar-refractivity contribution in [2.75, 3.05) is 14.2 Å². The third-order valence-corrected chi connectivity index (χ3v) is 3.83. The van der Waals surface area contributed by atoms with Gasteiger partial charge in [-0.1, -0.05) is 34.1 Å². The Bertz CT molecular complexity index is 727. The summed E-state index contributed by atoms with van der Waals surface area (Å²) in [7, 11) is 3.27. The van der Waals surface area contributed by atoms with Crippen LogP contribution in [0, 0.1) is 0 Å². The molecule has 0 bridgehead atoms. The van der Waals surface area contributed by atoms with Crippen molar-refractivity contribution in [1.82, 2.24) is 9.97 Å². The van der Waals surface area contributed by atoms with E-state index >= 15 is 0 Å². The van der Waals surface area contributed by atoms with Gasteiger partial charge in [-0.15, -0.1) is 0 Å². The van der Waals surface area contributed by atoms with Crippen LogP contribution in [0.2, 0.25) is 0 Å². The molecule has 1 aromatic heterocycles. The molecule has 0 spiro atoms. The molecule has 0 unspecified atom stereocenters. The number of rotatable bonds is 3. The zero-order valence-corrected chi connectivity index (χ0v) is 12.7. The summed E-state index contributed by atoms with van der Waals surface area (Å²) < 4.78 is 11.7. The standard InChI is InChI=1S/C15H13BrN2O2/c1-19-11-7-8-12(20-2)14-13(11)17-15(18-14)9-5-3-4-6-10(9)16/h3-8H,1-2H3,(H,17,18). The number of methoxy groups -OCH3 is 2. The number of benzene rings is 2. The van der Waals surface area contributed by atoms with Crippen molar-refractivity contribution in [2.24, 2.45) is 0 Å². The topological polar surface area (TPSA) is 47.1 Å². The molecule has 1 N–H and O–H groups in total. The van der Waals surface area contributed by atoms with E-state index in [-0.39, 0.29) is 0 Å². The van der Waals surface area contributed by atoms with Crippen molar-refractivity contribution in [3.8, 4) is 22.9 Å². The number of aromatic nitrogens is 2. The summed E-state index contributed by atoms with van der Waals surface area (Å²) in [6.07, 6.45) is 0. The Hall–Kier alpha value is -2.01. The van der Waals surface area contributed by atoms with Gasteiger partial charge in [-0.05, 0) is 18.2 Å². The van der Waals surface area contributed by atoms with Crippen LogP contribution in [0.5, 0.6) is 11.5 Å². The fourth-order valence-electron chi connectivity index (χ4n) is 2.16. The molecule has 3 aromatic rings. The molecule has 0 saturated carbocycles. The van der Waals surface area contributed by atoms with Gasteiger partial charge in [0.25, 0.3) is 0 Å². The third kappa shape index (κ3) is 2.04. The van der Waals surface area contributed by atoms with Crippen LogP contribution in [0.4, 0.5) is 0 Å². The van der Waals surface area contributed by atoms with Gasteiger partial charge in [-0.25, -0.2) is 4.98 Å². The second-order valence-electron chi connectivity index (χ2n) is 4.26. The van der Waals surface area contributed by atoms with Crippen molar-refractivity contribution >= 4 is 27.0 Å². The quantitative estimate of drug-likeness (QED) is 0.788. The lowest BCUT2D eigenvalue weighted by atomic mass is 10.2. The zero-order valence-electron chi connectivity index (χ0n) is 11.1. The molecule has 0 aliphatic rings. The van der Waals surface area contributed by atoms with Gasteiger partial charge in [0.2, 0.25) is 0 Å². The molecular weight excluding hydrogens is 320 g/mol. The van der Waals surface area contributed by atoms with Crippen molar-refractivity contribution in [3.05, 3.63) is 40.9 Å². The fourth-order valence-corrected chi connectivity index (χ4v) is 2.63. The van der Waals surface area contributed by atoms with Gasteiger partial charge in [0.1, 0.15) is 28.4 Å². The molecule has 3 rings (SSSR count). The van der Waals surface area contributed by atoms with Crippen LogP contribution >= 0.6 is 15.9 Å². The molecular formula is C15H13BrN2O2. The number of halogens is 1. The average molecular weight is 333 g/mol. The van der Waals surface area contributed by atoms with E-state index in [1.807, 2.05) is 36.4 Å². The number of ether oxygens (including phenoxy) is 2. The summed E-state index contributed by atoms with van der Waals surface area (Å²) in [6.45, 7) is 0. The Morgan fingerprint density at radius 1 is 1.00 bits per heavy atom. The maximum Gasteiger partial charge on any atom is 0.146 e. The van der Waals surface area contributed by atoms with Crippen molar-refractivity contribution < 1.29 is 9.47 Å². The molecule has 0 amide bonds. The van der Waals surface area contributed by atoms with Crippen molar-refractivity contribution in [2.45, 2.75) is 0 Å². The molecule has 20 heavy (non-hydrogen) atoms. The molecule has 0 aliphatic heterocycles. The number of nitrogens with zero attached hydrogens (tertiary/aromatic N) is 1. The highest BCUT2D eigenvalue weighted by Gasteiger charge is 2.14. The fraction of sp³-hybridized carbons (Fsp3) is 0.133. The molecule has 2 aromatic carbocycles. The maximum absolute atomic E-state index is 5.37. The van der Waals surface area contributed by atoms with E-state index in [1.54, 1.807) is 14.2 Å². The van der Waals surface area contributed by atoms with E-state index < -0.39 is 0 Å². The molecule has 5 heteroatoms. The number of hydrogen-bond acceptors (Lipinski definition) is 3.